The van der Waals surface area contributed by atoms with Gasteiger partial charge in [0.25, 0.3) is 0 Å². The zero-order valence-electron chi connectivity index (χ0n) is 9.39. The van der Waals surface area contributed by atoms with Crippen molar-refractivity contribution in [3.05, 3.63) is 23.8 Å². The Kier molecular flexibility index (Phi) is 1.78. The van der Waals surface area contributed by atoms with Gasteiger partial charge in [0.2, 0.25) is 0 Å². The summed E-state index contributed by atoms with van der Waals surface area (Å²) in [6.45, 7) is 3.80. The van der Waals surface area contributed by atoms with Crippen molar-refractivity contribution in [2.24, 2.45) is 0 Å². The van der Waals surface area contributed by atoms with E-state index in [1.54, 1.807) is 18.2 Å². The lowest BCUT2D eigenvalue weighted by molar-refractivity contribution is 0.158. The van der Waals surface area contributed by atoms with Crippen LogP contribution in [0.2, 0.25) is 0 Å². The number of hydrogen-bond donors (Lipinski definition) is 0. The average molecular weight is 227 g/mol. The number of fused-ring (bicyclic) bond motifs is 2. The number of nitriles is 1. The molecule has 84 valence electrons. The lowest BCUT2D eigenvalue weighted by atomic mass is 9.95. The van der Waals surface area contributed by atoms with Gasteiger partial charge in [-0.2, -0.15) is 5.26 Å². The van der Waals surface area contributed by atoms with E-state index in [4.69, 9.17) is 10.00 Å². The predicted octanol–water partition coefficient (Wildman–Crippen LogP) is 2.30. The van der Waals surface area contributed by atoms with Crippen LogP contribution in [0, 0.1) is 11.3 Å². The van der Waals surface area contributed by atoms with Crippen LogP contribution in [0.25, 0.3) is 16.6 Å². The molecule has 2 aromatic rings. The summed E-state index contributed by atoms with van der Waals surface area (Å²) in [6, 6.07) is 5.67. The van der Waals surface area contributed by atoms with Gasteiger partial charge in [-0.1, -0.05) is 0 Å². The van der Waals surface area contributed by atoms with E-state index >= 15 is 0 Å². The molecule has 0 radical (unpaired) electrons. The molecule has 5 heteroatoms. The number of ether oxygens (including phenoxy) is 1. The molecule has 0 amide bonds. The third kappa shape index (κ3) is 1.46. The van der Waals surface area contributed by atoms with Crippen LogP contribution in [0.3, 0.4) is 0 Å². The molecule has 1 aliphatic rings. The first-order valence-electron chi connectivity index (χ1n) is 5.18. The molecule has 17 heavy (non-hydrogen) atoms. The van der Waals surface area contributed by atoms with E-state index < -0.39 is 5.60 Å². The third-order valence-electron chi connectivity index (χ3n) is 2.63. The topological polar surface area (TPSA) is 71.9 Å². The fourth-order valence-electron chi connectivity index (χ4n) is 1.94. The smallest absolute Gasteiger partial charge is 0.138 e. The Hall–Kier alpha value is -2.35. The van der Waals surface area contributed by atoms with Gasteiger partial charge in [-0.15, -0.1) is 0 Å². The van der Waals surface area contributed by atoms with E-state index in [0.717, 1.165) is 5.56 Å². The van der Waals surface area contributed by atoms with E-state index in [1.807, 2.05) is 13.8 Å². The molecule has 0 saturated heterocycles. The summed E-state index contributed by atoms with van der Waals surface area (Å²) in [6.07, 6.45) is 1.80. The van der Waals surface area contributed by atoms with Crippen LogP contribution in [-0.4, -0.2) is 15.9 Å². The molecule has 0 unspecified atom stereocenters. The molecule has 0 spiro atoms. The zero-order valence-corrected chi connectivity index (χ0v) is 9.39. The molecular weight excluding hydrogens is 218 g/mol. The van der Waals surface area contributed by atoms with Crippen molar-refractivity contribution in [1.82, 2.24) is 10.3 Å². The van der Waals surface area contributed by atoms with Gasteiger partial charge in [0.1, 0.15) is 22.4 Å². The van der Waals surface area contributed by atoms with Gasteiger partial charge < -0.3 is 4.74 Å². The summed E-state index contributed by atoms with van der Waals surface area (Å²) in [5, 5.41) is 16.7. The molecule has 2 heterocycles. The quantitative estimate of drug-likeness (QED) is 0.690. The maximum atomic E-state index is 9.16. The molecule has 0 N–H and O–H groups in total. The highest BCUT2D eigenvalue weighted by molar-refractivity contribution is 5.89. The summed E-state index contributed by atoms with van der Waals surface area (Å²) in [7, 11) is 0. The minimum absolute atomic E-state index is 0.497. The van der Waals surface area contributed by atoms with Gasteiger partial charge in [-0.05, 0) is 36.3 Å². The Morgan fingerprint density at radius 1 is 1.24 bits per heavy atom. The summed E-state index contributed by atoms with van der Waals surface area (Å²) < 4.78 is 10.4. The van der Waals surface area contributed by atoms with E-state index in [1.165, 1.54) is 0 Å². The van der Waals surface area contributed by atoms with Crippen LogP contribution in [-0.2, 0) is 0 Å². The minimum Gasteiger partial charge on any atom is -0.483 e. The van der Waals surface area contributed by atoms with Gasteiger partial charge >= 0.3 is 0 Å². The largest absolute Gasteiger partial charge is 0.483 e. The van der Waals surface area contributed by atoms with Crippen LogP contribution >= 0.6 is 0 Å². The number of allylic oxidation sites excluding steroid dienone is 1. The summed E-state index contributed by atoms with van der Waals surface area (Å²) in [5.41, 5.74) is 2.06. The van der Waals surface area contributed by atoms with Crippen LogP contribution in [0.1, 0.15) is 19.4 Å². The molecular formula is C12H9N3O2. The molecule has 0 aliphatic carbocycles. The van der Waals surface area contributed by atoms with E-state index in [-0.39, 0.29) is 0 Å². The molecule has 0 fully saturated rings. The second kappa shape index (κ2) is 3.08. The molecule has 0 saturated carbocycles. The van der Waals surface area contributed by atoms with Gasteiger partial charge in [0.15, 0.2) is 0 Å². The van der Waals surface area contributed by atoms with Gasteiger partial charge in [-0.25, -0.2) is 4.63 Å². The Labute approximate surface area is 97.2 Å². The highest BCUT2D eigenvalue weighted by atomic mass is 16.6. The van der Waals surface area contributed by atoms with Crippen molar-refractivity contribution in [2.75, 3.05) is 0 Å². The molecule has 1 aromatic heterocycles. The summed E-state index contributed by atoms with van der Waals surface area (Å²) in [4.78, 5) is 0. The van der Waals surface area contributed by atoms with E-state index in [2.05, 4.69) is 21.0 Å². The first-order chi connectivity index (χ1) is 8.09. The van der Waals surface area contributed by atoms with Gasteiger partial charge in [0.05, 0.1) is 11.6 Å². The van der Waals surface area contributed by atoms with Crippen LogP contribution in [0.5, 0.6) is 5.75 Å². The van der Waals surface area contributed by atoms with Gasteiger partial charge in [0, 0.05) is 11.6 Å². The highest BCUT2D eigenvalue weighted by Gasteiger charge is 2.27. The van der Waals surface area contributed by atoms with E-state index in [9.17, 15) is 0 Å². The van der Waals surface area contributed by atoms with Crippen LogP contribution < -0.4 is 4.74 Å². The Bertz CT molecular complexity index is 677. The lowest BCUT2D eigenvalue weighted by Gasteiger charge is -2.28. The number of hydrogen-bond acceptors (Lipinski definition) is 5. The number of benzene rings is 1. The maximum Gasteiger partial charge on any atom is 0.138 e. The highest BCUT2D eigenvalue weighted by Crippen LogP contribution is 2.37. The first kappa shape index (κ1) is 9.85. The third-order valence-corrected chi connectivity index (χ3v) is 2.63. The van der Waals surface area contributed by atoms with Crippen LogP contribution in [0.4, 0.5) is 0 Å². The molecule has 1 aliphatic heterocycles. The van der Waals surface area contributed by atoms with Crippen molar-refractivity contribution in [2.45, 2.75) is 19.4 Å². The van der Waals surface area contributed by atoms with Crippen molar-refractivity contribution >= 4 is 16.6 Å². The van der Waals surface area contributed by atoms with Crippen LogP contribution in [0.15, 0.2) is 22.8 Å². The fraction of sp³-hybridized carbons (Fsp3) is 0.250. The summed E-state index contributed by atoms with van der Waals surface area (Å²) in [5.74, 6) is 0.636. The molecule has 5 nitrogen and oxygen atoms in total. The molecule has 0 bridgehead atoms. The monoisotopic (exact) mass is 227 g/mol. The SMILES string of the molecule is CC1(C)C=C(C#N)c2cc3nonc3cc2O1. The first-order valence-corrected chi connectivity index (χ1v) is 5.18. The molecule has 3 rings (SSSR count). The maximum absolute atomic E-state index is 9.16. The fourth-order valence-corrected chi connectivity index (χ4v) is 1.94. The minimum atomic E-state index is -0.497. The second-order valence-electron chi connectivity index (χ2n) is 4.48. The van der Waals surface area contributed by atoms with Crippen molar-refractivity contribution in [3.8, 4) is 11.8 Å². The summed E-state index contributed by atoms with van der Waals surface area (Å²) >= 11 is 0. The Morgan fingerprint density at radius 3 is 2.65 bits per heavy atom. The number of nitrogens with zero attached hydrogens (tertiary/aromatic N) is 3. The Balaban J connectivity index is 2.30. The van der Waals surface area contributed by atoms with Crippen molar-refractivity contribution in [3.63, 3.8) is 0 Å². The van der Waals surface area contributed by atoms with Crippen molar-refractivity contribution in [1.29, 1.82) is 5.26 Å². The zero-order chi connectivity index (χ0) is 12.0. The second-order valence-corrected chi connectivity index (χ2v) is 4.48. The van der Waals surface area contributed by atoms with E-state index in [0.29, 0.717) is 22.4 Å². The standard InChI is InChI=1S/C12H9N3O2/c1-12(2)5-7(6-13)8-3-9-10(15-17-14-9)4-11(8)16-12/h3-5H,1-2H3. The molecule has 1 aromatic carbocycles. The van der Waals surface area contributed by atoms with Crippen molar-refractivity contribution < 1.29 is 9.37 Å². The average Bonchev–Trinajstić information content (AvgIpc) is 2.71. The number of aromatic nitrogens is 2. The predicted molar refractivity (Wildman–Crippen MR) is 60.1 cm³/mol. The lowest BCUT2D eigenvalue weighted by Crippen LogP contribution is -2.28. The normalized spacial score (nSPS) is 16.9. The molecule has 0 atom stereocenters. The van der Waals surface area contributed by atoms with Gasteiger partial charge in [-0.3, -0.25) is 0 Å². The number of rotatable bonds is 0. The Morgan fingerprint density at radius 2 is 1.94 bits per heavy atom.